The number of nitro groups is 1. The van der Waals surface area contributed by atoms with Gasteiger partial charge in [-0.1, -0.05) is 37.3 Å². The van der Waals surface area contributed by atoms with E-state index in [0.717, 1.165) is 12.0 Å². The monoisotopic (exact) mass is 257 g/mol. The van der Waals surface area contributed by atoms with Gasteiger partial charge in [-0.15, -0.1) is 0 Å². The van der Waals surface area contributed by atoms with Crippen molar-refractivity contribution in [2.75, 3.05) is 0 Å². The Morgan fingerprint density at radius 2 is 2.05 bits per heavy atom. The Balaban J connectivity index is 2.30. The fourth-order valence-corrected chi connectivity index (χ4v) is 1.85. The van der Waals surface area contributed by atoms with Gasteiger partial charge >= 0.3 is 5.82 Å². The molecule has 0 unspecified atom stereocenters. The summed E-state index contributed by atoms with van der Waals surface area (Å²) in [4.78, 5) is 14.6. The minimum atomic E-state index is -0.400. The van der Waals surface area contributed by atoms with Crippen molar-refractivity contribution in [3.63, 3.8) is 0 Å². The summed E-state index contributed by atoms with van der Waals surface area (Å²) in [5.74, 6) is 0.645. The summed E-state index contributed by atoms with van der Waals surface area (Å²) in [6.07, 6.45) is 5.83. The molecule has 0 aliphatic rings. The van der Waals surface area contributed by atoms with Gasteiger partial charge in [0.2, 0.25) is 5.82 Å². The first-order valence-electron chi connectivity index (χ1n) is 6.15. The third-order valence-corrected chi connectivity index (χ3v) is 2.72. The van der Waals surface area contributed by atoms with E-state index in [9.17, 15) is 10.1 Å². The number of benzene rings is 1. The molecule has 98 valence electrons. The van der Waals surface area contributed by atoms with Crippen molar-refractivity contribution >= 4 is 18.0 Å². The zero-order chi connectivity index (χ0) is 13.7. The maximum atomic E-state index is 10.9. The van der Waals surface area contributed by atoms with Crippen molar-refractivity contribution in [2.24, 2.45) is 0 Å². The predicted molar refractivity (Wildman–Crippen MR) is 74.5 cm³/mol. The lowest BCUT2D eigenvalue weighted by Gasteiger charge is -2.00. The van der Waals surface area contributed by atoms with Crippen molar-refractivity contribution in [1.82, 2.24) is 9.55 Å². The molecule has 0 bridgehead atoms. The molecule has 0 atom stereocenters. The van der Waals surface area contributed by atoms with Gasteiger partial charge in [0, 0.05) is 6.08 Å². The summed E-state index contributed by atoms with van der Waals surface area (Å²) in [5, 5.41) is 10.9. The first-order chi connectivity index (χ1) is 9.22. The van der Waals surface area contributed by atoms with Crippen LogP contribution in [-0.2, 0) is 6.54 Å². The van der Waals surface area contributed by atoms with Gasteiger partial charge in [-0.25, -0.2) is 9.55 Å². The number of hydrogen-bond donors (Lipinski definition) is 0. The largest absolute Gasteiger partial charge is 0.358 e. The number of nitrogens with zero attached hydrogens (tertiary/aromatic N) is 3. The van der Waals surface area contributed by atoms with E-state index in [2.05, 4.69) is 4.98 Å². The number of imidazole rings is 1. The van der Waals surface area contributed by atoms with Crippen molar-refractivity contribution in [3.8, 4) is 0 Å². The van der Waals surface area contributed by atoms with Gasteiger partial charge in [-0.05, 0) is 23.0 Å². The molecular formula is C14H15N3O2. The number of hydrogen-bond acceptors (Lipinski definition) is 3. The highest BCUT2D eigenvalue weighted by Crippen LogP contribution is 2.17. The van der Waals surface area contributed by atoms with E-state index < -0.39 is 4.92 Å². The fourth-order valence-electron chi connectivity index (χ4n) is 1.85. The lowest BCUT2D eigenvalue weighted by Crippen LogP contribution is -2.04. The summed E-state index contributed by atoms with van der Waals surface area (Å²) in [6, 6.07) is 9.78. The van der Waals surface area contributed by atoms with Crippen LogP contribution in [0.1, 0.15) is 24.7 Å². The van der Waals surface area contributed by atoms with E-state index in [-0.39, 0.29) is 5.82 Å². The van der Waals surface area contributed by atoms with E-state index in [0.29, 0.717) is 12.4 Å². The normalized spacial score (nSPS) is 11.0. The summed E-state index contributed by atoms with van der Waals surface area (Å²) in [5.41, 5.74) is 1.04. The first kappa shape index (κ1) is 13.0. The Kier molecular flexibility index (Phi) is 4.07. The maximum Gasteiger partial charge on any atom is 0.343 e. The van der Waals surface area contributed by atoms with Crippen molar-refractivity contribution < 1.29 is 4.92 Å². The Morgan fingerprint density at radius 3 is 2.68 bits per heavy atom. The van der Waals surface area contributed by atoms with Gasteiger partial charge in [0.1, 0.15) is 6.20 Å². The van der Waals surface area contributed by atoms with E-state index in [4.69, 9.17) is 0 Å². The van der Waals surface area contributed by atoms with E-state index >= 15 is 0 Å². The third kappa shape index (κ3) is 3.07. The SMILES string of the molecule is CCCn1c([N+](=O)[O-])cnc1/C=C/c1ccccc1. The highest BCUT2D eigenvalue weighted by atomic mass is 16.6. The van der Waals surface area contributed by atoms with Crippen molar-refractivity contribution in [1.29, 1.82) is 0 Å². The van der Waals surface area contributed by atoms with Gasteiger partial charge in [0.15, 0.2) is 0 Å². The topological polar surface area (TPSA) is 61.0 Å². The lowest BCUT2D eigenvalue weighted by atomic mass is 10.2. The maximum absolute atomic E-state index is 10.9. The standard InChI is InChI=1S/C14H15N3O2/c1-2-10-16-13(15-11-14(16)17(18)19)9-8-12-6-4-3-5-7-12/h3-9,11H,2,10H2,1H3/b9-8+. The Morgan fingerprint density at radius 1 is 1.32 bits per heavy atom. The van der Waals surface area contributed by atoms with Gasteiger partial charge in [0.25, 0.3) is 0 Å². The predicted octanol–water partition coefficient (Wildman–Crippen LogP) is 3.37. The van der Waals surface area contributed by atoms with Crippen LogP contribution in [0.3, 0.4) is 0 Å². The molecule has 0 saturated heterocycles. The molecule has 5 nitrogen and oxygen atoms in total. The van der Waals surface area contributed by atoms with Crippen LogP contribution in [0, 0.1) is 10.1 Å². The molecule has 0 aliphatic carbocycles. The van der Waals surface area contributed by atoms with Gasteiger partial charge in [0.05, 0.1) is 6.54 Å². The van der Waals surface area contributed by atoms with Crippen LogP contribution in [0.2, 0.25) is 0 Å². The minimum absolute atomic E-state index is 0.0366. The van der Waals surface area contributed by atoms with Crippen LogP contribution in [-0.4, -0.2) is 14.5 Å². The van der Waals surface area contributed by atoms with Crippen LogP contribution in [0.4, 0.5) is 5.82 Å². The summed E-state index contributed by atoms with van der Waals surface area (Å²) in [7, 11) is 0. The van der Waals surface area contributed by atoms with Crippen molar-refractivity contribution in [2.45, 2.75) is 19.9 Å². The highest BCUT2D eigenvalue weighted by molar-refractivity contribution is 5.67. The molecule has 0 N–H and O–H groups in total. The second kappa shape index (κ2) is 5.95. The molecule has 1 heterocycles. The minimum Gasteiger partial charge on any atom is -0.358 e. The second-order valence-corrected chi connectivity index (χ2v) is 4.13. The smallest absolute Gasteiger partial charge is 0.343 e. The Bertz CT molecular complexity index is 588. The molecule has 2 rings (SSSR count). The van der Waals surface area contributed by atoms with Crippen LogP contribution < -0.4 is 0 Å². The molecule has 0 aliphatic heterocycles. The molecule has 5 heteroatoms. The van der Waals surface area contributed by atoms with Crippen LogP contribution >= 0.6 is 0 Å². The molecule has 0 saturated carbocycles. The third-order valence-electron chi connectivity index (χ3n) is 2.72. The molecule has 0 amide bonds. The molecule has 1 aromatic heterocycles. The summed E-state index contributed by atoms with van der Waals surface area (Å²) >= 11 is 0. The van der Waals surface area contributed by atoms with E-state index in [1.165, 1.54) is 6.20 Å². The average molecular weight is 257 g/mol. The summed E-state index contributed by atoms with van der Waals surface area (Å²) < 4.78 is 1.62. The van der Waals surface area contributed by atoms with E-state index in [1.807, 2.05) is 43.3 Å². The van der Waals surface area contributed by atoms with Gasteiger partial charge in [-0.3, -0.25) is 0 Å². The molecule has 1 aromatic carbocycles. The molecule has 0 radical (unpaired) electrons. The lowest BCUT2D eigenvalue weighted by molar-refractivity contribution is -0.392. The quantitative estimate of drug-likeness (QED) is 0.609. The number of aromatic nitrogens is 2. The Labute approximate surface area is 111 Å². The van der Waals surface area contributed by atoms with Crippen LogP contribution in [0.5, 0.6) is 0 Å². The number of rotatable bonds is 5. The molecule has 0 fully saturated rings. The molecular weight excluding hydrogens is 242 g/mol. The highest BCUT2D eigenvalue weighted by Gasteiger charge is 2.17. The van der Waals surface area contributed by atoms with Gasteiger partial charge < -0.3 is 10.1 Å². The second-order valence-electron chi connectivity index (χ2n) is 4.13. The van der Waals surface area contributed by atoms with Crippen LogP contribution in [0.15, 0.2) is 36.5 Å². The molecule has 2 aromatic rings. The zero-order valence-electron chi connectivity index (χ0n) is 10.7. The van der Waals surface area contributed by atoms with Crippen molar-refractivity contribution in [3.05, 3.63) is 58.0 Å². The first-order valence-corrected chi connectivity index (χ1v) is 6.15. The van der Waals surface area contributed by atoms with Gasteiger partial charge in [-0.2, -0.15) is 0 Å². The summed E-state index contributed by atoms with van der Waals surface area (Å²) in [6.45, 7) is 2.57. The van der Waals surface area contributed by atoms with Crippen LogP contribution in [0.25, 0.3) is 12.2 Å². The average Bonchev–Trinajstić information content (AvgIpc) is 2.81. The fraction of sp³-hybridized carbons (Fsp3) is 0.214. The molecule has 0 spiro atoms. The van der Waals surface area contributed by atoms with E-state index in [1.54, 1.807) is 10.6 Å². The molecule has 19 heavy (non-hydrogen) atoms. The zero-order valence-corrected chi connectivity index (χ0v) is 10.7. The Hall–Kier alpha value is -2.43.